The SMILES string of the molecule is CCc1ccc(Nc2nccc(C(=O)NCCN(C)C)n2)cc1. The second kappa shape index (κ2) is 8.24. The van der Waals surface area contributed by atoms with Gasteiger partial charge in [0.05, 0.1) is 0 Å². The molecule has 0 fully saturated rings. The summed E-state index contributed by atoms with van der Waals surface area (Å²) < 4.78 is 0. The molecule has 0 atom stereocenters. The maximum absolute atomic E-state index is 12.1. The van der Waals surface area contributed by atoms with Gasteiger partial charge in [0.15, 0.2) is 0 Å². The number of nitrogens with one attached hydrogen (secondary N) is 2. The Morgan fingerprint density at radius 3 is 2.57 bits per heavy atom. The van der Waals surface area contributed by atoms with Gasteiger partial charge in [0.1, 0.15) is 5.69 Å². The Morgan fingerprint density at radius 1 is 1.17 bits per heavy atom. The van der Waals surface area contributed by atoms with Gasteiger partial charge in [-0.25, -0.2) is 9.97 Å². The number of nitrogens with zero attached hydrogens (tertiary/aromatic N) is 3. The number of hydrogen-bond donors (Lipinski definition) is 2. The number of aryl methyl sites for hydroxylation is 1. The van der Waals surface area contributed by atoms with Crippen molar-refractivity contribution in [2.45, 2.75) is 13.3 Å². The van der Waals surface area contributed by atoms with E-state index in [1.165, 1.54) is 5.56 Å². The number of carbonyl (C=O) groups excluding carboxylic acids is 1. The third kappa shape index (κ3) is 5.34. The predicted octanol–water partition coefficient (Wildman–Crippen LogP) is 2.07. The second-order valence-electron chi connectivity index (χ2n) is 5.50. The Bertz CT molecular complexity index is 640. The van der Waals surface area contributed by atoms with E-state index in [9.17, 15) is 4.79 Å². The van der Waals surface area contributed by atoms with E-state index < -0.39 is 0 Å². The van der Waals surface area contributed by atoms with Crippen LogP contribution in [0.3, 0.4) is 0 Å². The first-order chi connectivity index (χ1) is 11.1. The average Bonchev–Trinajstić information content (AvgIpc) is 2.55. The highest BCUT2D eigenvalue weighted by molar-refractivity contribution is 5.92. The third-order valence-electron chi connectivity index (χ3n) is 3.35. The highest BCUT2D eigenvalue weighted by Gasteiger charge is 2.08. The summed E-state index contributed by atoms with van der Waals surface area (Å²) in [6.45, 7) is 3.48. The molecule has 2 aromatic rings. The van der Waals surface area contributed by atoms with E-state index in [0.717, 1.165) is 18.7 Å². The maximum atomic E-state index is 12.1. The first kappa shape index (κ1) is 16.9. The van der Waals surface area contributed by atoms with E-state index in [2.05, 4.69) is 39.7 Å². The molecule has 0 saturated carbocycles. The van der Waals surface area contributed by atoms with Crippen LogP contribution in [0.25, 0.3) is 0 Å². The number of aromatic nitrogens is 2. The van der Waals surface area contributed by atoms with Crippen molar-refractivity contribution in [3.05, 3.63) is 47.8 Å². The number of hydrogen-bond acceptors (Lipinski definition) is 5. The number of carbonyl (C=O) groups is 1. The fourth-order valence-corrected chi connectivity index (χ4v) is 1.98. The highest BCUT2D eigenvalue weighted by atomic mass is 16.1. The van der Waals surface area contributed by atoms with Crippen LogP contribution in [0.4, 0.5) is 11.6 Å². The number of likely N-dealkylation sites (N-methyl/N-ethyl adjacent to an activating group) is 1. The van der Waals surface area contributed by atoms with Gasteiger partial charge in [0, 0.05) is 25.0 Å². The lowest BCUT2D eigenvalue weighted by molar-refractivity contribution is 0.0946. The van der Waals surface area contributed by atoms with Gasteiger partial charge in [-0.2, -0.15) is 0 Å². The maximum Gasteiger partial charge on any atom is 0.270 e. The van der Waals surface area contributed by atoms with Crippen molar-refractivity contribution in [2.75, 3.05) is 32.5 Å². The zero-order valence-electron chi connectivity index (χ0n) is 13.8. The van der Waals surface area contributed by atoms with Crippen LogP contribution in [-0.2, 0) is 6.42 Å². The summed E-state index contributed by atoms with van der Waals surface area (Å²) in [6, 6.07) is 9.68. The van der Waals surface area contributed by atoms with E-state index in [1.54, 1.807) is 12.3 Å². The Kier molecular flexibility index (Phi) is 6.05. The van der Waals surface area contributed by atoms with Gasteiger partial charge < -0.3 is 15.5 Å². The van der Waals surface area contributed by atoms with Gasteiger partial charge in [0.25, 0.3) is 5.91 Å². The summed E-state index contributed by atoms with van der Waals surface area (Å²) in [5, 5.41) is 5.95. The molecule has 6 nitrogen and oxygen atoms in total. The van der Waals surface area contributed by atoms with Gasteiger partial charge in [-0.15, -0.1) is 0 Å². The molecule has 122 valence electrons. The van der Waals surface area contributed by atoms with Crippen molar-refractivity contribution in [1.29, 1.82) is 0 Å². The molecule has 0 spiro atoms. The Morgan fingerprint density at radius 2 is 1.91 bits per heavy atom. The van der Waals surface area contributed by atoms with Crippen LogP contribution in [0.1, 0.15) is 23.0 Å². The molecule has 1 amide bonds. The lowest BCUT2D eigenvalue weighted by Crippen LogP contribution is -2.31. The van der Waals surface area contributed by atoms with E-state index in [4.69, 9.17) is 0 Å². The van der Waals surface area contributed by atoms with Crippen LogP contribution in [0.15, 0.2) is 36.5 Å². The molecule has 23 heavy (non-hydrogen) atoms. The molecule has 0 saturated heterocycles. The Hall–Kier alpha value is -2.47. The van der Waals surface area contributed by atoms with Crippen LogP contribution in [0, 0.1) is 0 Å². The largest absolute Gasteiger partial charge is 0.349 e. The molecular formula is C17H23N5O. The Balaban J connectivity index is 1.99. The molecule has 2 N–H and O–H groups in total. The monoisotopic (exact) mass is 313 g/mol. The van der Waals surface area contributed by atoms with Crippen molar-refractivity contribution < 1.29 is 4.79 Å². The molecule has 0 radical (unpaired) electrons. The minimum atomic E-state index is -0.196. The first-order valence-electron chi connectivity index (χ1n) is 7.70. The van der Waals surface area contributed by atoms with Crippen LogP contribution in [0.5, 0.6) is 0 Å². The zero-order chi connectivity index (χ0) is 16.7. The summed E-state index contributed by atoms with van der Waals surface area (Å²) >= 11 is 0. The van der Waals surface area contributed by atoms with Gasteiger partial charge >= 0.3 is 0 Å². The molecule has 2 rings (SSSR count). The summed E-state index contributed by atoms with van der Waals surface area (Å²) in [7, 11) is 3.92. The number of rotatable bonds is 7. The molecule has 0 aliphatic rings. The van der Waals surface area contributed by atoms with Gasteiger partial charge in [-0.3, -0.25) is 4.79 Å². The molecule has 0 bridgehead atoms. The zero-order valence-corrected chi connectivity index (χ0v) is 13.8. The molecular weight excluding hydrogens is 290 g/mol. The highest BCUT2D eigenvalue weighted by Crippen LogP contribution is 2.14. The van der Waals surface area contributed by atoms with Crippen molar-refractivity contribution in [1.82, 2.24) is 20.2 Å². The molecule has 1 heterocycles. The van der Waals surface area contributed by atoms with Crippen molar-refractivity contribution in [2.24, 2.45) is 0 Å². The van der Waals surface area contributed by atoms with E-state index in [1.807, 2.05) is 31.1 Å². The number of benzene rings is 1. The molecule has 0 aliphatic heterocycles. The summed E-state index contributed by atoms with van der Waals surface area (Å²) in [5.74, 6) is 0.216. The lowest BCUT2D eigenvalue weighted by Gasteiger charge is -2.10. The molecule has 0 aliphatic carbocycles. The van der Waals surface area contributed by atoms with Gasteiger partial charge in [-0.1, -0.05) is 19.1 Å². The van der Waals surface area contributed by atoms with Crippen molar-refractivity contribution >= 4 is 17.5 Å². The molecule has 0 unspecified atom stereocenters. The molecule has 1 aromatic carbocycles. The minimum Gasteiger partial charge on any atom is -0.349 e. The fourth-order valence-electron chi connectivity index (χ4n) is 1.98. The fraction of sp³-hybridized carbons (Fsp3) is 0.353. The lowest BCUT2D eigenvalue weighted by atomic mass is 10.1. The van der Waals surface area contributed by atoms with Crippen molar-refractivity contribution in [3.63, 3.8) is 0 Å². The standard InChI is InChI=1S/C17H23N5O/c1-4-13-5-7-14(8-6-13)20-17-19-10-9-15(21-17)16(23)18-11-12-22(2)3/h5-10H,4,11-12H2,1-3H3,(H,18,23)(H,19,20,21). The average molecular weight is 313 g/mol. The third-order valence-corrected chi connectivity index (χ3v) is 3.35. The molecule has 6 heteroatoms. The quantitative estimate of drug-likeness (QED) is 0.819. The van der Waals surface area contributed by atoms with Crippen LogP contribution < -0.4 is 10.6 Å². The summed E-state index contributed by atoms with van der Waals surface area (Å²) in [4.78, 5) is 22.5. The van der Waals surface area contributed by atoms with Gasteiger partial charge in [0.2, 0.25) is 5.95 Å². The number of amides is 1. The van der Waals surface area contributed by atoms with Gasteiger partial charge in [-0.05, 0) is 44.3 Å². The summed E-state index contributed by atoms with van der Waals surface area (Å²) in [6.07, 6.45) is 2.58. The van der Waals surface area contributed by atoms with E-state index in [-0.39, 0.29) is 5.91 Å². The first-order valence-corrected chi connectivity index (χ1v) is 7.70. The van der Waals surface area contributed by atoms with E-state index in [0.29, 0.717) is 18.2 Å². The van der Waals surface area contributed by atoms with Crippen LogP contribution in [-0.4, -0.2) is 48.0 Å². The minimum absolute atomic E-state index is 0.196. The normalized spacial score (nSPS) is 10.6. The second-order valence-corrected chi connectivity index (χ2v) is 5.50. The topological polar surface area (TPSA) is 70.2 Å². The summed E-state index contributed by atoms with van der Waals surface area (Å²) in [5.41, 5.74) is 2.52. The van der Waals surface area contributed by atoms with Crippen LogP contribution in [0.2, 0.25) is 0 Å². The molecule has 1 aromatic heterocycles. The smallest absolute Gasteiger partial charge is 0.270 e. The number of anilines is 2. The van der Waals surface area contributed by atoms with E-state index >= 15 is 0 Å². The Labute approximate surface area is 137 Å². The van der Waals surface area contributed by atoms with Crippen molar-refractivity contribution in [3.8, 4) is 0 Å². The van der Waals surface area contributed by atoms with Crippen LogP contribution >= 0.6 is 0 Å². The predicted molar refractivity (Wildman–Crippen MR) is 92.0 cm³/mol.